The van der Waals surface area contributed by atoms with Gasteiger partial charge in [0.15, 0.2) is 0 Å². The third kappa shape index (κ3) is 9.28. The van der Waals surface area contributed by atoms with Crippen LogP contribution in [0.4, 0.5) is 0 Å². The van der Waals surface area contributed by atoms with Crippen LogP contribution in [0.5, 0.6) is 0 Å². The van der Waals surface area contributed by atoms with Crippen LogP contribution in [-0.2, 0) is 24.0 Å². The topological polar surface area (TPSA) is 208 Å². The van der Waals surface area contributed by atoms with E-state index >= 15 is 0 Å². The first-order valence-corrected chi connectivity index (χ1v) is 8.62. The standard InChI is InChI=1S/C16H28N4O8/c1-7(2)13(16(28)18-6-11(24)25)20-14(26)9(4-5-10(22)23)19-15(27)12(17)8(3)21/h7-9,12-13,21H,4-6,17H2,1-3H3,(H,18,28)(H,19,27)(H,20,26)(H,22,23)(H,24,25). The smallest absolute Gasteiger partial charge is 0.322 e. The van der Waals surface area contributed by atoms with E-state index < -0.39 is 72.8 Å². The van der Waals surface area contributed by atoms with Crippen LogP contribution in [-0.4, -0.2) is 75.8 Å². The van der Waals surface area contributed by atoms with Crippen molar-refractivity contribution in [1.82, 2.24) is 16.0 Å². The monoisotopic (exact) mass is 404 g/mol. The van der Waals surface area contributed by atoms with E-state index in [2.05, 4.69) is 16.0 Å². The molecule has 0 aromatic heterocycles. The summed E-state index contributed by atoms with van der Waals surface area (Å²) in [5, 5.41) is 33.6. The predicted octanol–water partition coefficient (Wildman–Crippen LogP) is -2.61. The quantitative estimate of drug-likeness (QED) is 0.181. The molecule has 0 aromatic rings. The van der Waals surface area contributed by atoms with Crippen LogP contribution >= 0.6 is 0 Å². The molecule has 12 heteroatoms. The zero-order valence-electron chi connectivity index (χ0n) is 16.0. The molecule has 0 aliphatic carbocycles. The Morgan fingerprint density at radius 3 is 1.89 bits per heavy atom. The summed E-state index contributed by atoms with van der Waals surface area (Å²) < 4.78 is 0. The molecule has 0 fully saturated rings. The van der Waals surface area contributed by atoms with Gasteiger partial charge in [-0.1, -0.05) is 13.8 Å². The Hall–Kier alpha value is -2.73. The highest BCUT2D eigenvalue weighted by molar-refractivity contribution is 5.94. The van der Waals surface area contributed by atoms with Crippen molar-refractivity contribution in [3.05, 3.63) is 0 Å². The maximum Gasteiger partial charge on any atom is 0.322 e. The van der Waals surface area contributed by atoms with Gasteiger partial charge in [0.2, 0.25) is 17.7 Å². The van der Waals surface area contributed by atoms with Crippen LogP contribution < -0.4 is 21.7 Å². The normalized spacial score (nSPS) is 15.1. The van der Waals surface area contributed by atoms with Gasteiger partial charge in [0, 0.05) is 6.42 Å². The van der Waals surface area contributed by atoms with E-state index in [1.807, 2.05) is 0 Å². The SMILES string of the molecule is CC(C)C(NC(=O)C(CCC(=O)O)NC(=O)C(N)C(C)O)C(=O)NCC(=O)O. The fraction of sp³-hybridized carbons (Fsp3) is 0.688. The third-order valence-electron chi connectivity index (χ3n) is 3.76. The van der Waals surface area contributed by atoms with E-state index in [-0.39, 0.29) is 6.42 Å². The zero-order valence-corrected chi connectivity index (χ0v) is 16.0. The highest BCUT2D eigenvalue weighted by Gasteiger charge is 2.30. The zero-order chi connectivity index (χ0) is 22.0. The lowest BCUT2D eigenvalue weighted by molar-refractivity contribution is -0.139. The van der Waals surface area contributed by atoms with Crippen LogP contribution in [0.15, 0.2) is 0 Å². The summed E-state index contributed by atoms with van der Waals surface area (Å²) in [6.45, 7) is 3.86. The fourth-order valence-corrected chi connectivity index (χ4v) is 2.09. The molecule has 0 saturated carbocycles. The summed E-state index contributed by atoms with van der Waals surface area (Å²) in [4.78, 5) is 58.0. The van der Waals surface area contributed by atoms with Gasteiger partial charge in [-0.3, -0.25) is 24.0 Å². The number of carboxylic acids is 2. The molecule has 160 valence electrons. The van der Waals surface area contributed by atoms with Crippen molar-refractivity contribution in [3.8, 4) is 0 Å². The highest BCUT2D eigenvalue weighted by Crippen LogP contribution is 2.05. The van der Waals surface area contributed by atoms with Crippen LogP contribution in [0.3, 0.4) is 0 Å². The second kappa shape index (κ2) is 11.9. The molecule has 0 bridgehead atoms. The summed E-state index contributed by atoms with van der Waals surface area (Å²) in [6, 6.07) is -3.76. The molecule has 0 rings (SSSR count). The number of nitrogens with one attached hydrogen (secondary N) is 3. The number of rotatable bonds is 12. The Morgan fingerprint density at radius 2 is 1.46 bits per heavy atom. The number of carboxylic acid groups (broad SMARTS) is 2. The molecule has 0 saturated heterocycles. The van der Waals surface area contributed by atoms with E-state index in [4.69, 9.17) is 15.9 Å². The average molecular weight is 404 g/mol. The molecule has 3 amide bonds. The van der Waals surface area contributed by atoms with Crippen LogP contribution in [0, 0.1) is 5.92 Å². The van der Waals surface area contributed by atoms with Gasteiger partial charge >= 0.3 is 11.9 Å². The minimum atomic E-state index is -1.33. The summed E-state index contributed by atoms with van der Waals surface area (Å²) in [5.74, 6) is -5.33. The largest absolute Gasteiger partial charge is 0.481 e. The Labute approximate surface area is 161 Å². The fourth-order valence-electron chi connectivity index (χ4n) is 2.09. The second-order valence-electron chi connectivity index (χ2n) is 6.60. The maximum atomic E-state index is 12.5. The van der Waals surface area contributed by atoms with E-state index in [0.717, 1.165) is 0 Å². The van der Waals surface area contributed by atoms with Crippen molar-refractivity contribution < 1.29 is 39.3 Å². The van der Waals surface area contributed by atoms with E-state index in [0.29, 0.717) is 0 Å². The van der Waals surface area contributed by atoms with Gasteiger partial charge in [0.05, 0.1) is 6.10 Å². The van der Waals surface area contributed by atoms with Gasteiger partial charge in [0.1, 0.15) is 24.7 Å². The lowest BCUT2D eigenvalue weighted by Gasteiger charge is -2.26. The lowest BCUT2D eigenvalue weighted by atomic mass is 10.0. The van der Waals surface area contributed by atoms with Crippen LogP contribution in [0.2, 0.25) is 0 Å². The number of hydrogen-bond acceptors (Lipinski definition) is 7. The summed E-state index contributed by atoms with van der Waals surface area (Å²) in [6.07, 6.45) is -1.92. The first kappa shape index (κ1) is 25.3. The van der Waals surface area contributed by atoms with Crippen molar-refractivity contribution in [2.24, 2.45) is 11.7 Å². The van der Waals surface area contributed by atoms with Gasteiger partial charge in [-0.15, -0.1) is 0 Å². The van der Waals surface area contributed by atoms with Crippen molar-refractivity contribution >= 4 is 29.7 Å². The van der Waals surface area contributed by atoms with Gasteiger partial charge in [-0.05, 0) is 19.3 Å². The minimum Gasteiger partial charge on any atom is -0.481 e. The Morgan fingerprint density at radius 1 is 0.893 bits per heavy atom. The van der Waals surface area contributed by atoms with Gasteiger partial charge in [-0.25, -0.2) is 0 Å². The lowest BCUT2D eigenvalue weighted by Crippen LogP contribution is -2.58. The van der Waals surface area contributed by atoms with Crippen molar-refractivity contribution in [2.45, 2.75) is 57.8 Å². The van der Waals surface area contributed by atoms with E-state index in [1.54, 1.807) is 13.8 Å². The molecule has 28 heavy (non-hydrogen) atoms. The van der Waals surface area contributed by atoms with Crippen LogP contribution in [0.25, 0.3) is 0 Å². The Kier molecular flexibility index (Phi) is 10.7. The van der Waals surface area contributed by atoms with E-state index in [9.17, 15) is 29.1 Å². The molecular formula is C16H28N4O8. The molecule has 0 heterocycles. The number of aliphatic hydroxyl groups is 1. The molecule has 12 nitrogen and oxygen atoms in total. The van der Waals surface area contributed by atoms with Crippen molar-refractivity contribution in [1.29, 1.82) is 0 Å². The van der Waals surface area contributed by atoms with E-state index in [1.165, 1.54) is 6.92 Å². The molecule has 4 atom stereocenters. The Bertz CT molecular complexity index is 593. The summed E-state index contributed by atoms with van der Waals surface area (Å²) >= 11 is 0. The summed E-state index contributed by atoms with van der Waals surface area (Å²) in [7, 11) is 0. The maximum absolute atomic E-state index is 12.5. The predicted molar refractivity (Wildman–Crippen MR) is 95.9 cm³/mol. The molecule has 0 spiro atoms. The van der Waals surface area contributed by atoms with Crippen LogP contribution in [0.1, 0.15) is 33.6 Å². The minimum absolute atomic E-state index is 0.277. The number of carbonyl (C=O) groups excluding carboxylic acids is 3. The third-order valence-corrected chi connectivity index (χ3v) is 3.76. The molecule has 4 unspecified atom stereocenters. The first-order valence-electron chi connectivity index (χ1n) is 8.62. The Balaban J connectivity index is 5.25. The number of aliphatic hydroxyl groups excluding tert-OH is 1. The van der Waals surface area contributed by atoms with Gasteiger partial charge in [-0.2, -0.15) is 0 Å². The molecule has 0 aliphatic rings. The van der Waals surface area contributed by atoms with Crippen molar-refractivity contribution in [3.63, 3.8) is 0 Å². The number of aliphatic carboxylic acids is 2. The van der Waals surface area contributed by atoms with Gasteiger partial charge < -0.3 is 37.0 Å². The number of carbonyl (C=O) groups is 5. The molecular weight excluding hydrogens is 376 g/mol. The second-order valence-corrected chi connectivity index (χ2v) is 6.60. The number of hydrogen-bond donors (Lipinski definition) is 7. The van der Waals surface area contributed by atoms with Crippen molar-refractivity contribution in [2.75, 3.05) is 6.54 Å². The molecule has 8 N–H and O–H groups in total. The first-order chi connectivity index (χ1) is 12.9. The molecule has 0 aliphatic heterocycles. The highest BCUT2D eigenvalue weighted by atomic mass is 16.4. The number of amides is 3. The van der Waals surface area contributed by atoms with Gasteiger partial charge in [0.25, 0.3) is 0 Å². The molecule has 0 aromatic carbocycles. The number of nitrogens with two attached hydrogens (primary N) is 1. The molecule has 0 radical (unpaired) electrons. The summed E-state index contributed by atoms with van der Waals surface area (Å²) in [5.41, 5.74) is 5.50. The average Bonchev–Trinajstić information content (AvgIpc) is 2.59.